The van der Waals surface area contributed by atoms with Crippen LogP contribution in [0.15, 0.2) is 112 Å². The molecule has 1 saturated heterocycles. The molecule has 0 spiro atoms. The third-order valence-corrected chi connectivity index (χ3v) is 15.4. The number of aromatic nitrogens is 2. The van der Waals surface area contributed by atoms with Crippen LogP contribution in [0.5, 0.6) is 0 Å². The van der Waals surface area contributed by atoms with Crippen molar-refractivity contribution in [3.05, 3.63) is 125 Å². The molecule has 5 aromatic rings. The number of halogens is 5. The summed E-state index contributed by atoms with van der Waals surface area (Å²) < 4.78 is 123. The lowest BCUT2D eigenvalue weighted by Crippen LogP contribution is -2.46. The Balaban J connectivity index is 1.06. The highest BCUT2D eigenvalue weighted by Crippen LogP contribution is 2.38. The van der Waals surface area contributed by atoms with Crippen LogP contribution in [0, 0.1) is 5.82 Å². The SMILES string of the molecule is [2H]C1(N2CCc3c(ncnc3NS(=O)(=O)c3ccc(NC(CCN(C)C)CSc4ccccc4)c(S(=O)(=O)C(F)(F)F)c3)C2)CCN(Cc2cc(F)ccc2-c2ccc(Cl)cc2)CC1. The van der Waals surface area contributed by atoms with Gasteiger partial charge in [0, 0.05) is 54.3 Å². The molecule has 2 aliphatic heterocycles. The van der Waals surface area contributed by atoms with Crippen LogP contribution in [-0.2, 0) is 39.4 Å². The summed E-state index contributed by atoms with van der Waals surface area (Å²) in [6.45, 7) is 2.75. The first-order valence-electron chi connectivity index (χ1n) is 20.7. The Morgan fingerprint density at radius 3 is 2.38 bits per heavy atom. The van der Waals surface area contributed by atoms with E-state index < -0.39 is 47.2 Å². The molecule has 11 nitrogen and oxygen atoms in total. The van der Waals surface area contributed by atoms with E-state index in [0.717, 1.165) is 33.7 Å². The van der Waals surface area contributed by atoms with Gasteiger partial charge in [0.1, 0.15) is 22.9 Å². The van der Waals surface area contributed by atoms with Crippen molar-refractivity contribution < 1.29 is 35.8 Å². The molecule has 336 valence electrons. The monoisotopic (exact) mass is 946 g/mol. The van der Waals surface area contributed by atoms with Crippen LogP contribution in [0.3, 0.4) is 0 Å². The average molecular weight is 948 g/mol. The molecule has 0 amide bonds. The summed E-state index contributed by atoms with van der Waals surface area (Å²) in [6.07, 6.45) is 2.84. The predicted molar refractivity (Wildman–Crippen MR) is 240 cm³/mol. The lowest BCUT2D eigenvalue weighted by molar-refractivity contribution is -0.0435. The third kappa shape index (κ3) is 11.5. The number of hydrogen-bond donors (Lipinski definition) is 2. The number of nitrogens with one attached hydrogen (secondary N) is 2. The van der Waals surface area contributed by atoms with E-state index in [4.69, 9.17) is 11.6 Å². The lowest BCUT2D eigenvalue weighted by Gasteiger charge is -2.40. The summed E-state index contributed by atoms with van der Waals surface area (Å²) in [6, 6.07) is 22.6. The van der Waals surface area contributed by atoms with E-state index in [-0.39, 0.29) is 30.3 Å². The van der Waals surface area contributed by atoms with Crippen LogP contribution in [0.1, 0.15) is 37.5 Å². The second kappa shape index (κ2) is 19.8. The summed E-state index contributed by atoms with van der Waals surface area (Å²) >= 11 is 7.55. The van der Waals surface area contributed by atoms with Gasteiger partial charge in [0.05, 0.1) is 16.3 Å². The third-order valence-electron chi connectivity index (χ3n) is 11.1. The second-order valence-electron chi connectivity index (χ2n) is 15.7. The van der Waals surface area contributed by atoms with Crippen molar-refractivity contribution >= 4 is 54.7 Å². The summed E-state index contributed by atoms with van der Waals surface area (Å²) in [7, 11) is -7.03. The zero-order chi connectivity index (χ0) is 45.9. The van der Waals surface area contributed by atoms with E-state index in [1.807, 2.05) is 66.4 Å². The Morgan fingerprint density at radius 1 is 0.952 bits per heavy atom. The Bertz CT molecular complexity index is 2660. The van der Waals surface area contributed by atoms with Gasteiger partial charge in [-0.25, -0.2) is 31.2 Å². The fraction of sp³-hybridized carbons (Fsp3) is 0.364. The van der Waals surface area contributed by atoms with Crippen LogP contribution in [0.25, 0.3) is 11.1 Å². The molecule has 0 saturated carbocycles. The number of alkyl halides is 3. The Morgan fingerprint density at radius 2 is 1.68 bits per heavy atom. The maximum Gasteiger partial charge on any atom is 0.501 e. The fourth-order valence-corrected chi connectivity index (χ4v) is 10.9. The molecule has 1 fully saturated rings. The molecular weight excluding hydrogens is 898 g/mol. The van der Waals surface area contributed by atoms with E-state index >= 15 is 0 Å². The normalized spacial score (nSPS) is 16.9. The quantitative estimate of drug-likeness (QED) is 0.0730. The first kappa shape index (κ1) is 45.3. The molecule has 63 heavy (non-hydrogen) atoms. The number of fused-ring (bicyclic) bond motifs is 1. The standard InChI is InChI=1S/C44H48ClF4N7O4S3/c1-54(2)20-16-34(28-61-36-6-4-3-5-7-36)52-40-15-13-37(25-42(40)62(57,58)44(47,48)49)63(59,60)53-43-39-19-23-56(27-41(39)50-29-51-43)35-17-21-55(22-18-35)26-31-24-33(46)12-14-38(31)30-8-10-32(45)11-9-30/h3-15,24-25,29,34-35,52H,16-23,26-28H2,1-2H3,(H,50,51,53)/i35D. The minimum Gasteiger partial charge on any atom is -0.380 e. The number of thioether (sulfide) groups is 1. The van der Waals surface area contributed by atoms with Crippen molar-refractivity contribution in [1.29, 1.82) is 0 Å². The summed E-state index contributed by atoms with van der Waals surface area (Å²) in [4.78, 5) is 13.7. The Hall–Kier alpha value is -4.30. The van der Waals surface area contributed by atoms with Gasteiger partial charge in [0.2, 0.25) is 0 Å². The number of sulfonamides is 1. The molecule has 0 aliphatic carbocycles. The maximum absolute atomic E-state index is 14.4. The largest absolute Gasteiger partial charge is 0.501 e. The zero-order valence-electron chi connectivity index (χ0n) is 35.6. The van der Waals surface area contributed by atoms with Crippen molar-refractivity contribution in [3.8, 4) is 11.1 Å². The van der Waals surface area contributed by atoms with Gasteiger partial charge in [-0.3, -0.25) is 14.5 Å². The van der Waals surface area contributed by atoms with Crippen LogP contribution in [0.4, 0.5) is 29.1 Å². The minimum absolute atomic E-state index is 0.0887. The molecule has 7 rings (SSSR count). The summed E-state index contributed by atoms with van der Waals surface area (Å²) in [5.74, 6) is -0.0485. The molecule has 2 aliphatic rings. The number of piperidine rings is 1. The van der Waals surface area contributed by atoms with Crippen molar-refractivity contribution in [3.63, 3.8) is 0 Å². The van der Waals surface area contributed by atoms with Gasteiger partial charge in [-0.1, -0.05) is 48.0 Å². The summed E-state index contributed by atoms with van der Waals surface area (Å²) in [5, 5.41) is 3.58. The van der Waals surface area contributed by atoms with Gasteiger partial charge in [-0.05, 0) is 131 Å². The van der Waals surface area contributed by atoms with Gasteiger partial charge in [-0.15, -0.1) is 11.8 Å². The Labute approximate surface area is 376 Å². The van der Waals surface area contributed by atoms with Gasteiger partial charge in [-0.2, -0.15) is 13.2 Å². The first-order valence-corrected chi connectivity index (χ1v) is 24.6. The molecule has 19 heteroatoms. The molecule has 0 bridgehead atoms. The van der Waals surface area contributed by atoms with Crippen molar-refractivity contribution in [2.45, 2.75) is 71.0 Å². The topological polar surface area (TPSA) is 128 Å². The molecule has 0 radical (unpaired) electrons. The second-order valence-corrected chi connectivity index (χ2v) is 20.9. The molecule has 2 N–H and O–H groups in total. The number of nitrogens with zero attached hydrogens (tertiary/aromatic N) is 5. The highest BCUT2D eigenvalue weighted by molar-refractivity contribution is 7.99. The lowest BCUT2D eigenvalue weighted by atomic mass is 9.96. The Kier molecular flexibility index (Phi) is 14.3. The van der Waals surface area contributed by atoms with Gasteiger partial charge in [0.25, 0.3) is 19.9 Å². The molecule has 1 aromatic heterocycles. The van der Waals surface area contributed by atoms with Crippen LogP contribution in [-0.4, -0.2) is 105 Å². The smallest absolute Gasteiger partial charge is 0.380 e. The number of rotatable bonds is 16. The van der Waals surface area contributed by atoms with E-state index in [1.165, 1.54) is 30.2 Å². The van der Waals surface area contributed by atoms with Crippen molar-refractivity contribution in [2.75, 3.05) is 56.1 Å². The van der Waals surface area contributed by atoms with Crippen molar-refractivity contribution in [2.24, 2.45) is 0 Å². The highest BCUT2D eigenvalue weighted by Gasteiger charge is 2.48. The molecule has 3 heterocycles. The molecular formula is C44H48ClF4N7O4S3. The number of sulfone groups is 1. The molecule has 1 atom stereocenters. The maximum atomic E-state index is 14.4. The number of anilines is 2. The number of hydrogen-bond acceptors (Lipinski definition) is 11. The molecule has 1 unspecified atom stereocenters. The van der Waals surface area contributed by atoms with Crippen LogP contribution >= 0.6 is 23.4 Å². The number of likely N-dealkylation sites (tertiary alicyclic amines) is 1. The van der Waals surface area contributed by atoms with E-state index in [2.05, 4.69) is 24.9 Å². The zero-order valence-corrected chi connectivity index (χ0v) is 37.8. The van der Waals surface area contributed by atoms with Crippen molar-refractivity contribution in [1.82, 2.24) is 24.7 Å². The first-order chi connectivity index (χ1) is 30.3. The van der Waals surface area contributed by atoms with E-state index in [9.17, 15) is 35.8 Å². The molecule has 4 aromatic carbocycles. The van der Waals surface area contributed by atoms with Crippen LogP contribution in [0.2, 0.25) is 5.02 Å². The summed E-state index contributed by atoms with van der Waals surface area (Å²) in [5.41, 5.74) is -2.51. The number of benzene rings is 4. The fourth-order valence-electron chi connectivity index (χ4n) is 7.71. The van der Waals surface area contributed by atoms with Gasteiger partial charge >= 0.3 is 5.51 Å². The predicted octanol–water partition coefficient (Wildman–Crippen LogP) is 8.58. The van der Waals surface area contributed by atoms with E-state index in [1.54, 1.807) is 18.2 Å². The highest BCUT2D eigenvalue weighted by atomic mass is 35.5. The van der Waals surface area contributed by atoms with E-state index in [0.29, 0.717) is 80.1 Å². The van der Waals surface area contributed by atoms with Gasteiger partial charge < -0.3 is 10.2 Å². The average Bonchev–Trinajstić information content (AvgIpc) is 3.25. The minimum atomic E-state index is -6.02. The van der Waals surface area contributed by atoms with Crippen LogP contribution < -0.4 is 10.0 Å². The van der Waals surface area contributed by atoms with Gasteiger partial charge in [0.15, 0.2) is 0 Å².